The Bertz CT molecular complexity index is 418. The molecule has 1 spiro atoms. The molecule has 1 saturated carbocycles. The van der Waals surface area contributed by atoms with Gasteiger partial charge in [0, 0.05) is 22.9 Å². The molecule has 1 atom stereocenters. The Hall–Kier alpha value is -0.740. The zero-order chi connectivity index (χ0) is 12.4. The molecule has 2 N–H and O–H groups in total. The number of hydrogen-bond donors (Lipinski definition) is 1. The molecule has 0 radical (unpaired) electrons. The lowest BCUT2D eigenvalue weighted by Crippen LogP contribution is -2.38. The lowest BCUT2D eigenvalue weighted by atomic mass is 9.92. The normalized spacial score (nSPS) is 26.6. The molecule has 0 bridgehead atoms. The summed E-state index contributed by atoms with van der Waals surface area (Å²) >= 11 is 1.91. The number of pyridine rings is 1. The van der Waals surface area contributed by atoms with Gasteiger partial charge < -0.3 is 10.5 Å². The maximum Gasteiger partial charge on any atom is 0.0693 e. The Kier molecular flexibility index (Phi) is 3.48. The number of nitrogen functional groups attached to an aromatic ring is 1. The van der Waals surface area contributed by atoms with Gasteiger partial charge >= 0.3 is 0 Å². The minimum absolute atomic E-state index is 0.192. The lowest BCUT2D eigenvalue weighted by Gasteiger charge is -2.38. The summed E-state index contributed by atoms with van der Waals surface area (Å²) in [6.45, 7) is 0.905. The van der Waals surface area contributed by atoms with Gasteiger partial charge in [-0.1, -0.05) is 12.8 Å². The lowest BCUT2D eigenvalue weighted by molar-refractivity contribution is -0.0703. The van der Waals surface area contributed by atoms with Gasteiger partial charge in [0.2, 0.25) is 0 Å². The molecule has 1 saturated heterocycles. The summed E-state index contributed by atoms with van der Waals surface area (Å²) in [5.41, 5.74) is 6.96. The van der Waals surface area contributed by atoms with Crippen molar-refractivity contribution in [3.8, 4) is 0 Å². The van der Waals surface area contributed by atoms with Crippen LogP contribution in [0.1, 0.15) is 38.5 Å². The molecule has 98 valence electrons. The van der Waals surface area contributed by atoms with E-state index in [1.54, 1.807) is 6.20 Å². The molecule has 2 heterocycles. The van der Waals surface area contributed by atoms with Gasteiger partial charge in [-0.05, 0) is 31.7 Å². The maximum atomic E-state index is 6.07. The Morgan fingerprint density at radius 2 is 2.22 bits per heavy atom. The van der Waals surface area contributed by atoms with Crippen LogP contribution in [-0.2, 0) is 4.74 Å². The number of aromatic nitrogens is 1. The monoisotopic (exact) mass is 264 g/mol. The first kappa shape index (κ1) is 12.3. The van der Waals surface area contributed by atoms with Gasteiger partial charge in [-0.2, -0.15) is 0 Å². The van der Waals surface area contributed by atoms with E-state index in [9.17, 15) is 0 Å². The highest BCUT2D eigenvalue weighted by molar-refractivity contribution is 8.00. The third-order valence-electron chi connectivity index (χ3n) is 4.07. The van der Waals surface area contributed by atoms with E-state index in [-0.39, 0.29) is 5.60 Å². The summed E-state index contributed by atoms with van der Waals surface area (Å²) in [7, 11) is 0. The molecule has 1 aliphatic heterocycles. The van der Waals surface area contributed by atoms with Crippen molar-refractivity contribution in [2.75, 3.05) is 12.3 Å². The van der Waals surface area contributed by atoms with Gasteiger partial charge in [0.1, 0.15) is 0 Å². The molecular weight excluding hydrogens is 244 g/mol. The fourth-order valence-corrected chi connectivity index (χ4v) is 4.42. The fourth-order valence-electron chi connectivity index (χ4n) is 3.13. The van der Waals surface area contributed by atoms with E-state index < -0.39 is 0 Å². The number of thioether (sulfide) groups is 1. The van der Waals surface area contributed by atoms with Crippen molar-refractivity contribution in [1.82, 2.24) is 4.98 Å². The van der Waals surface area contributed by atoms with Gasteiger partial charge in [0.15, 0.2) is 0 Å². The van der Waals surface area contributed by atoms with Crippen LogP contribution < -0.4 is 5.73 Å². The summed E-state index contributed by atoms with van der Waals surface area (Å²) in [5, 5.41) is 0.640. The predicted octanol–water partition coefficient (Wildman–Crippen LogP) is 3.25. The first-order valence-corrected chi connectivity index (χ1v) is 7.66. The standard InChI is InChI=1S/C14H20N2OS/c15-12-10-16-7-3-13(12)18-11-4-8-17-14(9-11)5-1-2-6-14/h3,7,10-11H,1-2,4-6,8-9,15H2. The summed E-state index contributed by atoms with van der Waals surface area (Å²) in [6.07, 6.45) is 11.0. The molecule has 0 aromatic carbocycles. The second-order valence-electron chi connectivity index (χ2n) is 5.38. The van der Waals surface area contributed by atoms with E-state index in [0.717, 1.165) is 18.7 Å². The van der Waals surface area contributed by atoms with E-state index in [2.05, 4.69) is 4.98 Å². The Labute approximate surface area is 113 Å². The zero-order valence-corrected chi connectivity index (χ0v) is 11.4. The van der Waals surface area contributed by atoms with Crippen LogP contribution in [0.4, 0.5) is 5.69 Å². The molecule has 2 aliphatic rings. The van der Waals surface area contributed by atoms with Crippen molar-refractivity contribution in [2.45, 2.75) is 54.3 Å². The number of hydrogen-bond acceptors (Lipinski definition) is 4. The minimum Gasteiger partial charge on any atom is -0.397 e. The number of rotatable bonds is 2. The first-order chi connectivity index (χ1) is 8.77. The third kappa shape index (κ3) is 2.50. The number of ether oxygens (including phenoxy) is 1. The van der Waals surface area contributed by atoms with E-state index >= 15 is 0 Å². The Morgan fingerprint density at radius 1 is 1.39 bits per heavy atom. The SMILES string of the molecule is Nc1cnccc1SC1CCOC2(CCCC2)C1. The second kappa shape index (κ2) is 5.10. The van der Waals surface area contributed by atoms with Gasteiger partial charge in [-0.25, -0.2) is 0 Å². The van der Waals surface area contributed by atoms with Crippen molar-refractivity contribution >= 4 is 17.4 Å². The number of nitrogens with two attached hydrogens (primary N) is 1. The van der Waals surface area contributed by atoms with Crippen molar-refractivity contribution < 1.29 is 4.74 Å². The highest BCUT2D eigenvalue weighted by Crippen LogP contribution is 2.44. The van der Waals surface area contributed by atoms with Crippen molar-refractivity contribution in [3.63, 3.8) is 0 Å². The van der Waals surface area contributed by atoms with E-state index in [0.29, 0.717) is 5.25 Å². The molecule has 1 unspecified atom stereocenters. The minimum atomic E-state index is 0.192. The van der Waals surface area contributed by atoms with Crippen LogP contribution in [0.15, 0.2) is 23.4 Å². The van der Waals surface area contributed by atoms with Gasteiger partial charge in [0.05, 0.1) is 17.5 Å². The first-order valence-electron chi connectivity index (χ1n) is 6.78. The summed E-state index contributed by atoms with van der Waals surface area (Å²) in [6, 6.07) is 2.02. The summed E-state index contributed by atoms with van der Waals surface area (Å²) in [4.78, 5) is 5.22. The van der Waals surface area contributed by atoms with Crippen molar-refractivity contribution in [3.05, 3.63) is 18.5 Å². The summed E-state index contributed by atoms with van der Waals surface area (Å²) < 4.78 is 6.07. The Balaban J connectivity index is 1.68. The van der Waals surface area contributed by atoms with E-state index in [1.165, 1.54) is 37.0 Å². The molecule has 1 aromatic rings. The molecule has 1 aromatic heterocycles. The highest BCUT2D eigenvalue weighted by Gasteiger charge is 2.40. The third-order valence-corrected chi connectivity index (χ3v) is 5.43. The summed E-state index contributed by atoms with van der Waals surface area (Å²) in [5.74, 6) is 0. The molecule has 18 heavy (non-hydrogen) atoms. The Morgan fingerprint density at radius 3 is 3.00 bits per heavy atom. The van der Waals surface area contributed by atoms with Crippen LogP contribution in [-0.4, -0.2) is 22.4 Å². The zero-order valence-electron chi connectivity index (χ0n) is 10.6. The number of anilines is 1. The van der Waals surface area contributed by atoms with Gasteiger partial charge in [-0.3, -0.25) is 4.98 Å². The highest BCUT2D eigenvalue weighted by atomic mass is 32.2. The van der Waals surface area contributed by atoms with Gasteiger partial charge in [0.25, 0.3) is 0 Å². The van der Waals surface area contributed by atoms with Crippen molar-refractivity contribution in [2.24, 2.45) is 0 Å². The molecule has 0 amide bonds. The van der Waals surface area contributed by atoms with E-state index in [1.807, 2.05) is 24.0 Å². The van der Waals surface area contributed by atoms with Crippen LogP contribution >= 0.6 is 11.8 Å². The molecule has 2 fully saturated rings. The quantitative estimate of drug-likeness (QED) is 0.890. The smallest absolute Gasteiger partial charge is 0.0693 e. The average Bonchev–Trinajstić information content (AvgIpc) is 2.80. The molecule has 3 rings (SSSR count). The second-order valence-corrected chi connectivity index (χ2v) is 6.73. The van der Waals surface area contributed by atoms with Crippen LogP contribution in [0, 0.1) is 0 Å². The van der Waals surface area contributed by atoms with Crippen LogP contribution in [0.5, 0.6) is 0 Å². The molecule has 1 aliphatic carbocycles. The van der Waals surface area contributed by atoms with Crippen LogP contribution in [0.3, 0.4) is 0 Å². The van der Waals surface area contributed by atoms with Crippen LogP contribution in [0.25, 0.3) is 0 Å². The van der Waals surface area contributed by atoms with Gasteiger partial charge in [-0.15, -0.1) is 11.8 Å². The predicted molar refractivity (Wildman–Crippen MR) is 74.7 cm³/mol. The van der Waals surface area contributed by atoms with E-state index in [4.69, 9.17) is 10.5 Å². The molecular formula is C14H20N2OS. The molecule has 4 heteroatoms. The fraction of sp³-hybridized carbons (Fsp3) is 0.643. The van der Waals surface area contributed by atoms with Crippen LogP contribution in [0.2, 0.25) is 0 Å². The maximum absolute atomic E-state index is 6.07. The molecule has 3 nitrogen and oxygen atoms in total. The largest absolute Gasteiger partial charge is 0.397 e. The average molecular weight is 264 g/mol. The number of nitrogens with zero attached hydrogens (tertiary/aromatic N) is 1. The van der Waals surface area contributed by atoms with Crippen molar-refractivity contribution in [1.29, 1.82) is 0 Å². The topological polar surface area (TPSA) is 48.1 Å².